The minimum absolute atomic E-state index is 0.0186. The number of aromatic nitrogens is 1. The van der Waals surface area contributed by atoms with Gasteiger partial charge in [-0.2, -0.15) is 0 Å². The van der Waals surface area contributed by atoms with E-state index in [0.29, 0.717) is 5.56 Å². The molecule has 4 nitrogen and oxygen atoms in total. The molecular formula is C23H23N3O. The average molecular weight is 357 g/mol. The first-order valence-corrected chi connectivity index (χ1v) is 9.40. The van der Waals surface area contributed by atoms with Crippen LogP contribution in [-0.4, -0.2) is 24.0 Å². The zero-order valence-electron chi connectivity index (χ0n) is 15.5. The van der Waals surface area contributed by atoms with Gasteiger partial charge in [0.25, 0.3) is 5.91 Å². The molecule has 4 heteroatoms. The number of anilines is 2. The zero-order chi connectivity index (χ0) is 18.6. The van der Waals surface area contributed by atoms with Crippen LogP contribution < -0.4 is 9.80 Å². The molecule has 27 heavy (non-hydrogen) atoms. The Bertz CT molecular complexity index is 939. The molecule has 1 aliphatic rings. The van der Waals surface area contributed by atoms with Crippen LogP contribution in [0.25, 0.3) is 0 Å². The summed E-state index contributed by atoms with van der Waals surface area (Å²) in [4.78, 5) is 21.6. The lowest BCUT2D eigenvalue weighted by Crippen LogP contribution is -2.29. The number of para-hydroxylation sites is 1. The second-order valence-corrected chi connectivity index (χ2v) is 6.77. The highest BCUT2D eigenvalue weighted by atomic mass is 16.2. The molecule has 2 aromatic carbocycles. The number of carbonyl (C=O) groups is 1. The van der Waals surface area contributed by atoms with E-state index in [1.165, 1.54) is 11.1 Å². The number of pyridine rings is 1. The van der Waals surface area contributed by atoms with Crippen molar-refractivity contribution in [2.24, 2.45) is 0 Å². The standard InChI is InChI=1S/C23H23N3O/c1-2-25(17-18-8-4-3-5-9-18)21-14-20(15-24-16-21)23(27)26-13-12-19-10-6-7-11-22(19)26/h3-11,14-16H,2,12-13,17H2,1H3. The number of hydrogen-bond donors (Lipinski definition) is 0. The van der Waals surface area contributed by atoms with Crippen LogP contribution in [0.2, 0.25) is 0 Å². The highest BCUT2D eigenvalue weighted by Crippen LogP contribution is 2.29. The Morgan fingerprint density at radius 1 is 1.07 bits per heavy atom. The smallest absolute Gasteiger partial charge is 0.259 e. The molecule has 0 fully saturated rings. The van der Waals surface area contributed by atoms with Crippen molar-refractivity contribution in [3.05, 3.63) is 89.7 Å². The van der Waals surface area contributed by atoms with E-state index >= 15 is 0 Å². The van der Waals surface area contributed by atoms with Crippen molar-refractivity contribution < 1.29 is 4.79 Å². The van der Waals surface area contributed by atoms with Gasteiger partial charge in [-0.25, -0.2) is 0 Å². The Morgan fingerprint density at radius 3 is 2.67 bits per heavy atom. The van der Waals surface area contributed by atoms with Gasteiger partial charge in [0.2, 0.25) is 0 Å². The number of carbonyl (C=O) groups excluding carboxylic acids is 1. The molecule has 0 bridgehead atoms. The molecule has 1 aliphatic heterocycles. The molecule has 0 N–H and O–H groups in total. The Morgan fingerprint density at radius 2 is 1.85 bits per heavy atom. The fraction of sp³-hybridized carbons (Fsp3) is 0.217. The van der Waals surface area contributed by atoms with Crippen LogP contribution in [0.15, 0.2) is 73.1 Å². The van der Waals surface area contributed by atoms with Crippen LogP contribution in [0.3, 0.4) is 0 Å². The van der Waals surface area contributed by atoms with Crippen molar-refractivity contribution in [1.29, 1.82) is 0 Å². The van der Waals surface area contributed by atoms with E-state index in [-0.39, 0.29) is 5.91 Å². The molecule has 0 saturated heterocycles. The Hall–Kier alpha value is -3.14. The number of fused-ring (bicyclic) bond motifs is 1. The zero-order valence-corrected chi connectivity index (χ0v) is 15.5. The number of hydrogen-bond acceptors (Lipinski definition) is 3. The van der Waals surface area contributed by atoms with Crippen molar-refractivity contribution in [2.45, 2.75) is 19.9 Å². The summed E-state index contributed by atoms with van der Waals surface area (Å²) in [5.74, 6) is 0.0186. The monoisotopic (exact) mass is 357 g/mol. The first-order chi connectivity index (χ1) is 13.3. The molecule has 0 unspecified atom stereocenters. The maximum Gasteiger partial charge on any atom is 0.259 e. The van der Waals surface area contributed by atoms with Gasteiger partial charge in [-0.05, 0) is 36.6 Å². The maximum absolute atomic E-state index is 13.1. The summed E-state index contributed by atoms with van der Waals surface area (Å²) in [5.41, 5.74) is 5.10. The summed E-state index contributed by atoms with van der Waals surface area (Å²) in [7, 11) is 0. The second-order valence-electron chi connectivity index (χ2n) is 6.77. The normalized spacial score (nSPS) is 12.7. The van der Waals surface area contributed by atoms with E-state index < -0.39 is 0 Å². The third kappa shape index (κ3) is 3.56. The number of benzene rings is 2. The van der Waals surface area contributed by atoms with E-state index in [9.17, 15) is 4.79 Å². The summed E-state index contributed by atoms with van der Waals surface area (Å²) >= 11 is 0. The predicted molar refractivity (Wildman–Crippen MR) is 109 cm³/mol. The van der Waals surface area contributed by atoms with Crippen LogP contribution in [-0.2, 0) is 13.0 Å². The Labute approximate surface area is 160 Å². The number of amides is 1. The average Bonchev–Trinajstić information content (AvgIpc) is 3.16. The lowest BCUT2D eigenvalue weighted by atomic mass is 10.1. The SMILES string of the molecule is CCN(Cc1ccccc1)c1cncc(C(=O)N2CCc3ccccc32)c1. The summed E-state index contributed by atoms with van der Waals surface area (Å²) in [6.45, 7) is 4.49. The molecule has 3 aromatic rings. The highest BCUT2D eigenvalue weighted by molar-refractivity contribution is 6.07. The molecule has 0 spiro atoms. The molecule has 0 radical (unpaired) electrons. The maximum atomic E-state index is 13.1. The molecule has 4 rings (SSSR count). The van der Waals surface area contributed by atoms with E-state index in [0.717, 1.165) is 37.4 Å². The third-order valence-corrected chi connectivity index (χ3v) is 5.07. The summed E-state index contributed by atoms with van der Waals surface area (Å²) in [5, 5.41) is 0. The first kappa shape index (κ1) is 17.3. The van der Waals surface area contributed by atoms with Crippen molar-refractivity contribution >= 4 is 17.3 Å². The molecule has 0 atom stereocenters. The fourth-order valence-electron chi connectivity index (χ4n) is 3.61. The molecular weight excluding hydrogens is 334 g/mol. The lowest BCUT2D eigenvalue weighted by Gasteiger charge is -2.24. The molecule has 2 heterocycles. The van der Waals surface area contributed by atoms with Gasteiger partial charge in [-0.3, -0.25) is 9.78 Å². The highest BCUT2D eigenvalue weighted by Gasteiger charge is 2.25. The van der Waals surface area contributed by atoms with Gasteiger partial charge in [0.05, 0.1) is 17.4 Å². The van der Waals surface area contributed by atoms with Crippen molar-refractivity contribution in [2.75, 3.05) is 22.9 Å². The minimum atomic E-state index is 0.0186. The summed E-state index contributed by atoms with van der Waals surface area (Å²) < 4.78 is 0. The predicted octanol–water partition coefficient (Wildman–Crippen LogP) is 4.31. The Kier molecular flexibility index (Phi) is 4.88. The van der Waals surface area contributed by atoms with Crippen LogP contribution in [0.4, 0.5) is 11.4 Å². The van der Waals surface area contributed by atoms with Gasteiger partial charge in [0, 0.05) is 31.5 Å². The van der Waals surface area contributed by atoms with E-state index in [4.69, 9.17) is 0 Å². The molecule has 1 aromatic heterocycles. The van der Waals surface area contributed by atoms with Gasteiger partial charge in [0.15, 0.2) is 0 Å². The first-order valence-electron chi connectivity index (χ1n) is 9.40. The van der Waals surface area contributed by atoms with E-state index in [2.05, 4.69) is 35.0 Å². The summed E-state index contributed by atoms with van der Waals surface area (Å²) in [6.07, 6.45) is 4.41. The molecule has 0 saturated carbocycles. The topological polar surface area (TPSA) is 36.4 Å². The van der Waals surface area contributed by atoms with Crippen LogP contribution >= 0.6 is 0 Å². The number of rotatable bonds is 5. The van der Waals surface area contributed by atoms with Gasteiger partial charge >= 0.3 is 0 Å². The van der Waals surface area contributed by atoms with Crippen molar-refractivity contribution in [3.63, 3.8) is 0 Å². The summed E-state index contributed by atoms with van der Waals surface area (Å²) in [6, 6.07) is 20.4. The minimum Gasteiger partial charge on any atom is -0.366 e. The number of nitrogens with zero attached hydrogens (tertiary/aromatic N) is 3. The van der Waals surface area contributed by atoms with Crippen LogP contribution in [0, 0.1) is 0 Å². The molecule has 1 amide bonds. The van der Waals surface area contributed by atoms with Gasteiger partial charge in [-0.1, -0.05) is 48.5 Å². The van der Waals surface area contributed by atoms with E-state index in [1.807, 2.05) is 53.6 Å². The van der Waals surface area contributed by atoms with Crippen LogP contribution in [0.1, 0.15) is 28.4 Å². The Balaban J connectivity index is 1.58. The van der Waals surface area contributed by atoms with Crippen molar-refractivity contribution in [3.8, 4) is 0 Å². The van der Waals surface area contributed by atoms with Crippen LogP contribution in [0.5, 0.6) is 0 Å². The molecule has 136 valence electrons. The van der Waals surface area contributed by atoms with Gasteiger partial charge < -0.3 is 9.80 Å². The van der Waals surface area contributed by atoms with E-state index in [1.54, 1.807) is 6.20 Å². The fourth-order valence-corrected chi connectivity index (χ4v) is 3.61. The lowest BCUT2D eigenvalue weighted by molar-refractivity contribution is 0.0989. The largest absolute Gasteiger partial charge is 0.366 e. The quantitative estimate of drug-likeness (QED) is 0.683. The second kappa shape index (κ2) is 7.62. The van der Waals surface area contributed by atoms with Gasteiger partial charge in [-0.15, -0.1) is 0 Å². The third-order valence-electron chi connectivity index (χ3n) is 5.07. The van der Waals surface area contributed by atoms with Crippen molar-refractivity contribution in [1.82, 2.24) is 4.98 Å². The van der Waals surface area contributed by atoms with Gasteiger partial charge in [0.1, 0.15) is 0 Å². The molecule has 0 aliphatic carbocycles.